The molecule has 2 heterocycles. The minimum absolute atomic E-state index is 0.122. The Labute approximate surface area is 223 Å². The molecule has 0 saturated heterocycles. The lowest BCUT2D eigenvalue weighted by molar-refractivity contribution is -0.138. The number of aliphatic hydroxyl groups excluding tert-OH is 1. The molecule has 8 nitrogen and oxygen atoms in total. The number of primary amides is 1. The maximum atomic E-state index is 13.0. The number of ether oxygens (including phenoxy) is 1. The first-order valence-electron chi connectivity index (χ1n) is 12.6. The molecule has 0 aliphatic heterocycles. The van der Waals surface area contributed by atoms with Crippen LogP contribution in [-0.2, 0) is 24.1 Å². The van der Waals surface area contributed by atoms with Crippen molar-refractivity contribution in [2.45, 2.75) is 32.2 Å². The van der Waals surface area contributed by atoms with Gasteiger partial charge in [-0.1, -0.05) is 18.2 Å². The van der Waals surface area contributed by atoms with Gasteiger partial charge in [0.15, 0.2) is 0 Å². The second-order valence-electron chi connectivity index (χ2n) is 9.05. The molecule has 0 fully saturated rings. The molecule has 0 spiro atoms. The topological polar surface area (TPSA) is 122 Å². The molecule has 39 heavy (non-hydrogen) atoms. The summed E-state index contributed by atoms with van der Waals surface area (Å²) < 4.78 is 44.6. The van der Waals surface area contributed by atoms with Gasteiger partial charge in [-0.3, -0.25) is 9.78 Å². The Bertz CT molecular complexity index is 1450. The van der Waals surface area contributed by atoms with Crippen molar-refractivity contribution >= 4 is 33.4 Å². The highest BCUT2D eigenvalue weighted by Crippen LogP contribution is 2.32. The summed E-state index contributed by atoms with van der Waals surface area (Å²) in [6.07, 6.45) is 0.648. The smallest absolute Gasteiger partial charge is 0.392 e. The summed E-state index contributed by atoms with van der Waals surface area (Å²) in [5.74, 6) is 0.153. The van der Waals surface area contributed by atoms with E-state index >= 15 is 0 Å². The number of hydrogen-bond acceptors (Lipinski definition) is 7. The van der Waals surface area contributed by atoms with E-state index in [2.05, 4.69) is 20.6 Å². The van der Waals surface area contributed by atoms with Crippen LogP contribution < -0.4 is 16.4 Å². The van der Waals surface area contributed by atoms with Gasteiger partial charge in [-0.2, -0.15) is 13.2 Å². The third-order valence-corrected chi connectivity index (χ3v) is 6.29. The largest absolute Gasteiger partial charge is 0.416 e. The van der Waals surface area contributed by atoms with Crippen LogP contribution in [0.2, 0.25) is 0 Å². The number of hydrogen-bond donors (Lipinski definition) is 4. The summed E-state index contributed by atoms with van der Waals surface area (Å²) in [7, 11) is 0. The number of halogens is 3. The molecule has 0 unspecified atom stereocenters. The molecule has 4 rings (SSSR count). The predicted octanol–water partition coefficient (Wildman–Crippen LogP) is 4.39. The third kappa shape index (κ3) is 7.20. The number of carbonyl (C=O) groups is 1. The van der Waals surface area contributed by atoms with E-state index in [1.807, 2.05) is 12.1 Å². The van der Waals surface area contributed by atoms with Crippen molar-refractivity contribution in [1.29, 1.82) is 0 Å². The number of pyridine rings is 2. The zero-order valence-corrected chi connectivity index (χ0v) is 21.2. The number of nitrogens with two attached hydrogens (primary N) is 1. The van der Waals surface area contributed by atoms with Gasteiger partial charge in [0.05, 0.1) is 24.3 Å². The zero-order valence-electron chi connectivity index (χ0n) is 21.2. The lowest BCUT2D eigenvalue weighted by Gasteiger charge is -2.13. The number of unbranched alkanes of at least 4 members (excludes halogenated alkanes) is 1. The summed E-state index contributed by atoms with van der Waals surface area (Å²) in [6.45, 7) is 2.01. The quantitative estimate of drug-likeness (QED) is 0.146. The number of aromatic nitrogens is 2. The average Bonchev–Trinajstić information content (AvgIpc) is 2.92. The van der Waals surface area contributed by atoms with Gasteiger partial charge in [0, 0.05) is 53.8 Å². The van der Waals surface area contributed by atoms with Gasteiger partial charge in [0.2, 0.25) is 5.91 Å². The monoisotopic (exact) mass is 541 g/mol. The van der Waals surface area contributed by atoms with Gasteiger partial charge in [0.25, 0.3) is 0 Å². The Hall–Kier alpha value is -3.80. The number of carbonyl (C=O) groups excluding carboxylic acids is 1. The van der Waals surface area contributed by atoms with Gasteiger partial charge in [-0.05, 0) is 54.8 Å². The second-order valence-corrected chi connectivity index (χ2v) is 9.05. The van der Waals surface area contributed by atoms with Crippen LogP contribution in [0.15, 0.2) is 54.9 Å². The van der Waals surface area contributed by atoms with E-state index in [0.717, 1.165) is 35.1 Å². The number of benzene rings is 2. The zero-order chi connectivity index (χ0) is 27.8. The third-order valence-electron chi connectivity index (χ3n) is 6.29. The summed E-state index contributed by atoms with van der Waals surface area (Å²) in [5.41, 5.74) is 6.21. The van der Waals surface area contributed by atoms with Crippen molar-refractivity contribution in [3.8, 4) is 0 Å². The molecule has 0 atom stereocenters. The minimum atomic E-state index is -4.48. The second kappa shape index (κ2) is 12.8. The molecular formula is C28H30F3N5O3. The standard InChI is InChI=1S/C28H30F3N5O3/c29-28(30,31)24-6-3-18(13-20(24)17-37)15-33-8-1-2-11-39-12-10-35-27-22-7-9-34-16-23(22)21-5-4-19(26(32)38)14-25(21)36-27/h3-7,9,13-14,16,33,37H,1-2,8,10-12,15,17H2,(H2,32,38)(H,35,36). The molecule has 206 valence electrons. The van der Waals surface area contributed by atoms with Crippen LogP contribution in [0.3, 0.4) is 0 Å². The van der Waals surface area contributed by atoms with Crippen molar-refractivity contribution in [2.24, 2.45) is 5.73 Å². The van der Waals surface area contributed by atoms with Crippen LogP contribution in [0, 0.1) is 0 Å². The molecule has 1 amide bonds. The molecule has 2 aromatic carbocycles. The fourth-order valence-corrected chi connectivity index (χ4v) is 4.33. The Morgan fingerprint density at radius 2 is 1.85 bits per heavy atom. The molecule has 0 radical (unpaired) electrons. The highest BCUT2D eigenvalue weighted by Gasteiger charge is 2.33. The maximum absolute atomic E-state index is 13.0. The fourth-order valence-electron chi connectivity index (χ4n) is 4.33. The van der Waals surface area contributed by atoms with Crippen LogP contribution >= 0.6 is 0 Å². The van der Waals surface area contributed by atoms with Crippen LogP contribution in [0.1, 0.15) is 39.9 Å². The number of fused-ring (bicyclic) bond motifs is 3. The average molecular weight is 542 g/mol. The van der Waals surface area contributed by atoms with Gasteiger partial charge < -0.3 is 26.2 Å². The number of aliphatic hydroxyl groups is 1. The molecule has 0 bridgehead atoms. The summed E-state index contributed by atoms with van der Waals surface area (Å²) in [5, 5.41) is 18.5. The number of alkyl halides is 3. The van der Waals surface area contributed by atoms with E-state index in [1.54, 1.807) is 24.5 Å². The number of rotatable bonds is 13. The Morgan fingerprint density at radius 3 is 2.62 bits per heavy atom. The van der Waals surface area contributed by atoms with Crippen molar-refractivity contribution in [2.75, 3.05) is 31.6 Å². The van der Waals surface area contributed by atoms with Crippen LogP contribution in [-0.4, -0.2) is 47.3 Å². The predicted molar refractivity (Wildman–Crippen MR) is 143 cm³/mol. The number of anilines is 1. The van der Waals surface area contributed by atoms with Gasteiger partial charge >= 0.3 is 6.18 Å². The molecule has 5 N–H and O–H groups in total. The number of nitrogens with zero attached hydrogens (tertiary/aromatic N) is 2. The van der Waals surface area contributed by atoms with Gasteiger partial charge in [-0.15, -0.1) is 0 Å². The van der Waals surface area contributed by atoms with E-state index in [4.69, 9.17) is 10.5 Å². The fraction of sp³-hybridized carbons (Fsp3) is 0.321. The van der Waals surface area contributed by atoms with Crippen molar-refractivity contribution < 1.29 is 27.8 Å². The molecule has 0 saturated carbocycles. The first-order valence-corrected chi connectivity index (χ1v) is 12.6. The summed E-state index contributed by atoms with van der Waals surface area (Å²) >= 11 is 0. The Kier molecular flexibility index (Phi) is 9.28. The molecule has 2 aromatic heterocycles. The van der Waals surface area contributed by atoms with Crippen LogP contribution in [0.5, 0.6) is 0 Å². The first kappa shape index (κ1) is 28.2. The lowest BCUT2D eigenvalue weighted by Crippen LogP contribution is -2.17. The minimum Gasteiger partial charge on any atom is -0.392 e. The molecule has 11 heteroatoms. The van der Waals surface area contributed by atoms with Crippen molar-refractivity contribution in [3.05, 3.63) is 77.1 Å². The highest BCUT2D eigenvalue weighted by atomic mass is 19.4. The lowest BCUT2D eigenvalue weighted by atomic mass is 10.0. The van der Waals surface area contributed by atoms with E-state index < -0.39 is 24.3 Å². The Morgan fingerprint density at radius 1 is 1.00 bits per heavy atom. The molecule has 4 aromatic rings. The number of amides is 1. The van der Waals surface area contributed by atoms with E-state index in [0.29, 0.717) is 55.3 Å². The summed E-state index contributed by atoms with van der Waals surface area (Å²) in [4.78, 5) is 20.5. The normalized spacial score (nSPS) is 11.8. The maximum Gasteiger partial charge on any atom is 0.416 e. The van der Waals surface area contributed by atoms with Gasteiger partial charge in [-0.25, -0.2) is 4.98 Å². The van der Waals surface area contributed by atoms with E-state index in [9.17, 15) is 23.1 Å². The molecular weight excluding hydrogens is 511 g/mol. The Balaban J connectivity index is 1.19. The summed E-state index contributed by atoms with van der Waals surface area (Å²) in [6, 6.07) is 10.9. The van der Waals surface area contributed by atoms with Crippen LogP contribution in [0.4, 0.5) is 19.0 Å². The van der Waals surface area contributed by atoms with E-state index in [-0.39, 0.29) is 5.56 Å². The van der Waals surface area contributed by atoms with Crippen LogP contribution in [0.25, 0.3) is 21.7 Å². The van der Waals surface area contributed by atoms with E-state index in [1.165, 1.54) is 12.1 Å². The first-order chi connectivity index (χ1) is 18.8. The highest BCUT2D eigenvalue weighted by molar-refractivity contribution is 6.11. The van der Waals surface area contributed by atoms with Crippen molar-refractivity contribution in [1.82, 2.24) is 15.3 Å². The molecule has 0 aliphatic carbocycles. The molecule has 0 aliphatic rings. The SMILES string of the molecule is NC(=O)c1ccc2c(c1)nc(NCCOCCCCNCc1ccc(C(F)(F)F)c(CO)c1)c1ccncc12. The number of nitrogens with one attached hydrogen (secondary N) is 2. The van der Waals surface area contributed by atoms with Gasteiger partial charge in [0.1, 0.15) is 5.82 Å². The van der Waals surface area contributed by atoms with Crippen molar-refractivity contribution in [3.63, 3.8) is 0 Å².